The van der Waals surface area contributed by atoms with Crippen LogP contribution in [0.4, 0.5) is 0 Å². The first-order chi connectivity index (χ1) is 7.74. The Labute approximate surface area is 97.2 Å². The van der Waals surface area contributed by atoms with Crippen LogP contribution in [0.5, 0.6) is 0 Å². The van der Waals surface area contributed by atoms with Gasteiger partial charge in [-0.1, -0.05) is 25.7 Å². The van der Waals surface area contributed by atoms with Gasteiger partial charge in [0.15, 0.2) is 5.82 Å². The summed E-state index contributed by atoms with van der Waals surface area (Å²) < 4.78 is 0. The molecule has 2 rings (SSSR count). The van der Waals surface area contributed by atoms with Crippen LogP contribution in [0, 0.1) is 12.8 Å². The number of aryl methyl sites for hydroxylation is 1. The van der Waals surface area contributed by atoms with E-state index in [1.807, 2.05) is 6.92 Å². The minimum absolute atomic E-state index is 0.571. The Hall–Kier alpha value is -0.900. The van der Waals surface area contributed by atoms with Gasteiger partial charge in [-0.3, -0.25) is 5.10 Å². The second kappa shape index (κ2) is 5.43. The largest absolute Gasteiger partial charge is 0.307 e. The molecule has 0 saturated heterocycles. The van der Waals surface area contributed by atoms with Gasteiger partial charge in [0.1, 0.15) is 5.82 Å². The zero-order chi connectivity index (χ0) is 11.4. The fraction of sp³-hybridized carbons (Fsp3) is 0.833. The summed E-state index contributed by atoms with van der Waals surface area (Å²) in [5.41, 5.74) is 0. The van der Waals surface area contributed by atoms with E-state index in [-0.39, 0.29) is 0 Å². The third-order valence-corrected chi connectivity index (χ3v) is 3.41. The van der Waals surface area contributed by atoms with Crippen LogP contribution in [0.2, 0.25) is 0 Å². The Morgan fingerprint density at radius 1 is 1.44 bits per heavy atom. The molecule has 1 aromatic rings. The van der Waals surface area contributed by atoms with E-state index in [2.05, 4.69) is 27.4 Å². The molecule has 1 heterocycles. The lowest BCUT2D eigenvalue weighted by Gasteiger charge is -2.16. The molecule has 0 radical (unpaired) electrons. The van der Waals surface area contributed by atoms with Gasteiger partial charge in [-0.05, 0) is 26.2 Å². The number of aromatic amines is 1. The van der Waals surface area contributed by atoms with Crippen molar-refractivity contribution in [2.75, 3.05) is 0 Å². The number of nitrogens with one attached hydrogen (secondary N) is 2. The van der Waals surface area contributed by atoms with Crippen LogP contribution in [0.15, 0.2) is 0 Å². The predicted molar refractivity (Wildman–Crippen MR) is 64.0 cm³/mol. The van der Waals surface area contributed by atoms with Gasteiger partial charge in [-0.15, -0.1) is 0 Å². The highest BCUT2D eigenvalue weighted by molar-refractivity contribution is 4.87. The van der Waals surface area contributed by atoms with E-state index in [0.29, 0.717) is 6.04 Å². The lowest BCUT2D eigenvalue weighted by atomic mass is 9.99. The first-order valence-corrected chi connectivity index (χ1v) is 6.35. The standard InChI is InChI=1S/C12H22N4/c1-9(7-11-5-3-4-6-11)13-8-12-14-10(2)15-16-12/h9,11,13H,3-8H2,1-2H3,(H,14,15,16). The van der Waals surface area contributed by atoms with Crippen LogP contribution in [-0.4, -0.2) is 21.2 Å². The van der Waals surface area contributed by atoms with Crippen LogP contribution >= 0.6 is 0 Å². The summed E-state index contributed by atoms with van der Waals surface area (Å²) in [7, 11) is 0. The smallest absolute Gasteiger partial charge is 0.164 e. The Morgan fingerprint density at radius 2 is 2.19 bits per heavy atom. The van der Waals surface area contributed by atoms with Crippen LogP contribution in [0.1, 0.15) is 50.7 Å². The lowest BCUT2D eigenvalue weighted by molar-refractivity contribution is 0.401. The number of nitrogens with zero attached hydrogens (tertiary/aromatic N) is 2. The maximum atomic E-state index is 4.29. The molecule has 16 heavy (non-hydrogen) atoms. The average molecular weight is 222 g/mol. The zero-order valence-electron chi connectivity index (χ0n) is 10.3. The second-order valence-electron chi connectivity index (χ2n) is 5.01. The summed E-state index contributed by atoms with van der Waals surface area (Å²) in [4.78, 5) is 4.29. The molecule has 0 spiro atoms. The van der Waals surface area contributed by atoms with Crippen LogP contribution < -0.4 is 5.32 Å². The molecule has 0 bridgehead atoms. The Kier molecular flexibility index (Phi) is 3.93. The molecule has 1 atom stereocenters. The molecule has 4 heteroatoms. The van der Waals surface area contributed by atoms with E-state index in [9.17, 15) is 0 Å². The minimum atomic E-state index is 0.571. The summed E-state index contributed by atoms with van der Waals surface area (Å²) >= 11 is 0. The number of hydrogen-bond acceptors (Lipinski definition) is 3. The number of rotatable bonds is 5. The number of hydrogen-bond donors (Lipinski definition) is 2. The molecule has 1 aliphatic carbocycles. The minimum Gasteiger partial charge on any atom is -0.307 e. The number of aromatic nitrogens is 3. The SMILES string of the molecule is Cc1nc(CNC(C)CC2CCCC2)n[nH]1. The van der Waals surface area contributed by atoms with Crippen LogP contribution in [-0.2, 0) is 6.54 Å². The molecule has 2 N–H and O–H groups in total. The second-order valence-corrected chi connectivity index (χ2v) is 5.01. The van der Waals surface area contributed by atoms with Gasteiger partial charge >= 0.3 is 0 Å². The average Bonchev–Trinajstić information content (AvgIpc) is 2.87. The van der Waals surface area contributed by atoms with Crippen LogP contribution in [0.25, 0.3) is 0 Å². The first-order valence-electron chi connectivity index (χ1n) is 6.35. The maximum absolute atomic E-state index is 4.29. The third-order valence-electron chi connectivity index (χ3n) is 3.41. The summed E-state index contributed by atoms with van der Waals surface area (Å²) in [6.07, 6.45) is 7.00. The molecule has 1 aromatic heterocycles. The molecule has 1 saturated carbocycles. The van der Waals surface area contributed by atoms with Crippen molar-refractivity contribution in [1.82, 2.24) is 20.5 Å². The topological polar surface area (TPSA) is 53.6 Å². The van der Waals surface area contributed by atoms with Crippen molar-refractivity contribution in [2.24, 2.45) is 5.92 Å². The van der Waals surface area contributed by atoms with Gasteiger partial charge in [0.2, 0.25) is 0 Å². The highest BCUT2D eigenvalue weighted by atomic mass is 15.2. The summed E-state index contributed by atoms with van der Waals surface area (Å²) in [6, 6.07) is 0.571. The van der Waals surface area contributed by atoms with Crippen molar-refractivity contribution in [3.05, 3.63) is 11.6 Å². The van der Waals surface area contributed by atoms with Crippen molar-refractivity contribution < 1.29 is 0 Å². The normalized spacial score (nSPS) is 19.1. The third kappa shape index (κ3) is 3.30. The molecule has 4 nitrogen and oxygen atoms in total. The fourth-order valence-corrected chi connectivity index (χ4v) is 2.56. The van der Waals surface area contributed by atoms with E-state index in [1.54, 1.807) is 0 Å². The van der Waals surface area contributed by atoms with Crippen LogP contribution in [0.3, 0.4) is 0 Å². The molecular formula is C12H22N4. The maximum Gasteiger partial charge on any atom is 0.164 e. The Bertz CT molecular complexity index is 315. The van der Waals surface area contributed by atoms with E-state index in [1.165, 1.54) is 32.1 Å². The van der Waals surface area contributed by atoms with Crippen molar-refractivity contribution >= 4 is 0 Å². The molecule has 1 unspecified atom stereocenters. The van der Waals surface area contributed by atoms with Gasteiger partial charge < -0.3 is 5.32 Å². The van der Waals surface area contributed by atoms with Gasteiger partial charge in [0.25, 0.3) is 0 Å². The van der Waals surface area contributed by atoms with Gasteiger partial charge in [0, 0.05) is 6.04 Å². The quantitative estimate of drug-likeness (QED) is 0.802. The van der Waals surface area contributed by atoms with Crippen molar-refractivity contribution in [3.8, 4) is 0 Å². The van der Waals surface area contributed by atoms with E-state index >= 15 is 0 Å². The molecule has 0 aliphatic heterocycles. The summed E-state index contributed by atoms with van der Waals surface area (Å²) in [6.45, 7) is 4.97. The molecule has 90 valence electrons. The van der Waals surface area contributed by atoms with E-state index in [0.717, 1.165) is 24.1 Å². The van der Waals surface area contributed by atoms with Crippen molar-refractivity contribution in [1.29, 1.82) is 0 Å². The van der Waals surface area contributed by atoms with Gasteiger partial charge in [0.05, 0.1) is 6.54 Å². The summed E-state index contributed by atoms with van der Waals surface area (Å²) in [5.74, 6) is 2.70. The lowest BCUT2D eigenvalue weighted by Crippen LogP contribution is -2.27. The van der Waals surface area contributed by atoms with E-state index < -0.39 is 0 Å². The Balaban J connectivity index is 1.68. The monoisotopic (exact) mass is 222 g/mol. The molecule has 0 amide bonds. The van der Waals surface area contributed by atoms with Crippen molar-refractivity contribution in [3.63, 3.8) is 0 Å². The molecular weight excluding hydrogens is 200 g/mol. The Morgan fingerprint density at radius 3 is 2.81 bits per heavy atom. The highest BCUT2D eigenvalue weighted by Crippen LogP contribution is 2.28. The highest BCUT2D eigenvalue weighted by Gasteiger charge is 2.17. The van der Waals surface area contributed by atoms with E-state index in [4.69, 9.17) is 0 Å². The number of H-pyrrole nitrogens is 1. The molecule has 1 fully saturated rings. The first kappa shape index (κ1) is 11.6. The molecule has 1 aliphatic rings. The molecule has 0 aromatic carbocycles. The fourth-order valence-electron chi connectivity index (χ4n) is 2.56. The van der Waals surface area contributed by atoms with Gasteiger partial charge in [-0.25, -0.2) is 4.98 Å². The van der Waals surface area contributed by atoms with Gasteiger partial charge in [-0.2, -0.15) is 5.10 Å². The predicted octanol–water partition coefficient (Wildman–Crippen LogP) is 2.17. The van der Waals surface area contributed by atoms with Crippen molar-refractivity contribution in [2.45, 2.75) is 58.5 Å². The summed E-state index contributed by atoms with van der Waals surface area (Å²) in [5, 5.41) is 10.5. The zero-order valence-corrected chi connectivity index (χ0v) is 10.3.